The predicted molar refractivity (Wildman–Crippen MR) is 97.0 cm³/mol. The first kappa shape index (κ1) is 17.0. The number of anilines is 2. The largest absolute Gasteiger partial charge is 0.495 e. The number of piperidine rings is 1. The van der Waals surface area contributed by atoms with E-state index in [1.165, 1.54) is 0 Å². The van der Waals surface area contributed by atoms with Crippen molar-refractivity contribution in [2.24, 2.45) is 0 Å². The number of carbonyl (C=O) groups excluding carboxylic acids is 1. The van der Waals surface area contributed by atoms with Gasteiger partial charge in [0.15, 0.2) is 0 Å². The number of hydrogen-bond donors (Lipinski definition) is 2. The van der Waals surface area contributed by atoms with Crippen LogP contribution in [0, 0.1) is 6.92 Å². The maximum atomic E-state index is 12.5. The Morgan fingerprint density at radius 2 is 2.00 bits per heavy atom. The van der Waals surface area contributed by atoms with E-state index < -0.39 is 0 Å². The lowest BCUT2D eigenvalue weighted by Crippen LogP contribution is -2.44. The second kappa shape index (κ2) is 7.83. The number of ether oxygens (including phenoxy) is 1. The summed E-state index contributed by atoms with van der Waals surface area (Å²) in [6, 6.07) is 9.56. The highest BCUT2D eigenvalue weighted by atomic mass is 16.5. The van der Waals surface area contributed by atoms with Crippen LogP contribution in [-0.4, -0.2) is 47.1 Å². The Labute approximate surface area is 147 Å². The molecule has 2 aromatic rings. The lowest BCUT2D eigenvalue weighted by atomic mass is 10.1. The van der Waals surface area contributed by atoms with Gasteiger partial charge in [0.25, 0.3) is 0 Å². The molecule has 25 heavy (non-hydrogen) atoms. The van der Waals surface area contributed by atoms with Crippen molar-refractivity contribution in [1.82, 2.24) is 14.9 Å². The Kier molecular flexibility index (Phi) is 5.33. The molecule has 1 saturated heterocycles. The molecule has 1 aromatic carbocycles. The van der Waals surface area contributed by atoms with Gasteiger partial charge in [-0.25, -0.2) is 14.8 Å². The zero-order chi connectivity index (χ0) is 17.6. The number of nitrogens with zero attached hydrogens (tertiary/aromatic N) is 3. The number of aryl methyl sites for hydroxylation is 1. The molecule has 0 aliphatic carbocycles. The first-order chi connectivity index (χ1) is 12.2. The Hall–Kier alpha value is -2.83. The standard InChI is InChI=1S/C18H23N5O2/c1-13-11-17(20-12-19-13)21-14-7-9-23(10-8-14)18(24)22-15-5-3-4-6-16(15)25-2/h3-6,11-12,14H,7-10H2,1-2H3,(H,22,24)(H,19,20,21). The summed E-state index contributed by atoms with van der Waals surface area (Å²) < 4.78 is 5.27. The Bertz CT molecular complexity index is 729. The molecule has 132 valence electrons. The highest BCUT2D eigenvalue weighted by Gasteiger charge is 2.23. The van der Waals surface area contributed by atoms with E-state index in [1.807, 2.05) is 42.2 Å². The summed E-state index contributed by atoms with van der Waals surface area (Å²) in [5, 5.41) is 6.34. The molecule has 0 saturated carbocycles. The van der Waals surface area contributed by atoms with Crippen LogP contribution in [0.15, 0.2) is 36.7 Å². The SMILES string of the molecule is COc1ccccc1NC(=O)N1CCC(Nc2cc(C)ncn2)CC1. The van der Waals surface area contributed by atoms with Gasteiger partial charge in [-0.05, 0) is 31.9 Å². The van der Waals surface area contributed by atoms with Gasteiger partial charge in [0.2, 0.25) is 0 Å². The van der Waals surface area contributed by atoms with E-state index in [-0.39, 0.29) is 6.03 Å². The van der Waals surface area contributed by atoms with Gasteiger partial charge in [0.1, 0.15) is 17.9 Å². The number of nitrogens with one attached hydrogen (secondary N) is 2. The molecule has 2 amide bonds. The highest BCUT2D eigenvalue weighted by molar-refractivity contribution is 5.91. The van der Waals surface area contributed by atoms with Crippen LogP contribution in [0.25, 0.3) is 0 Å². The van der Waals surface area contributed by atoms with Gasteiger partial charge in [-0.15, -0.1) is 0 Å². The molecule has 7 heteroatoms. The Balaban J connectivity index is 1.52. The lowest BCUT2D eigenvalue weighted by Gasteiger charge is -2.32. The van der Waals surface area contributed by atoms with Gasteiger partial charge >= 0.3 is 6.03 Å². The topological polar surface area (TPSA) is 79.4 Å². The maximum Gasteiger partial charge on any atom is 0.321 e. The summed E-state index contributed by atoms with van der Waals surface area (Å²) in [4.78, 5) is 22.6. The van der Waals surface area contributed by atoms with Crippen molar-refractivity contribution >= 4 is 17.5 Å². The third-order valence-electron chi connectivity index (χ3n) is 4.29. The number of urea groups is 1. The van der Waals surface area contributed by atoms with Gasteiger partial charge in [-0.3, -0.25) is 0 Å². The maximum absolute atomic E-state index is 12.5. The van der Waals surface area contributed by atoms with Crippen LogP contribution in [0.3, 0.4) is 0 Å². The van der Waals surface area contributed by atoms with Crippen molar-refractivity contribution in [3.8, 4) is 5.75 Å². The number of likely N-dealkylation sites (tertiary alicyclic amines) is 1. The van der Waals surface area contributed by atoms with E-state index in [9.17, 15) is 4.79 Å². The number of hydrogen-bond acceptors (Lipinski definition) is 5. The number of rotatable bonds is 4. The Morgan fingerprint density at radius 1 is 1.24 bits per heavy atom. The van der Waals surface area contributed by atoms with Crippen LogP contribution in [0.1, 0.15) is 18.5 Å². The van der Waals surface area contributed by atoms with Crippen molar-refractivity contribution in [3.05, 3.63) is 42.4 Å². The Morgan fingerprint density at radius 3 is 2.72 bits per heavy atom. The summed E-state index contributed by atoms with van der Waals surface area (Å²) in [5.41, 5.74) is 1.62. The molecule has 0 bridgehead atoms. The summed E-state index contributed by atoms with van der Waals surface area (Å²) in [6.45, 7) is 3.34. The number of para-hydroxylation sites is 2. The minimum Gasteiger partial charge on any atom is -0.495 e. The second-order valence-electron chi connectivity index (χ2n) is 6.08. The molecular formula is C18H23N5O2. The van der Waals surface area contributed by atoms with Gasteiger partial charge in [0.05, 0.1) is 12.8 Å². The summed E-state index contributed by atoms with van der Waals surface area (Å²) >= 11 is 0. The molecule has 1 aliphatic rings. The van der Waals surface area contributed by atoms with E-state index in [2.05, 4.69) is 20.6 Å². The van der Waals surface area contributed by atoms with E-state index in [4.69, 9.17) is 4.74 Å². The van der Waals surface area contributed by atoms with Crippen LogP contribution in [0.5, 0.6) is 5.75 Å². The van der Waals surface area contributed by atoms with Crippen LogP contribution in [-0.2, 0) is 0 Å². The molecule has 0 atom stereocenters. The first-order valence-corrected chi connectivity index (χ1v) is 8.40. The second-order valence-corrected chi connectivity index (χ2v) is 6.08. The van der Waals surface area contributed by atoms with Gasteiger partial charge in [0, 0.05) is 30.9 Å². The van der Waals surface area contributed by atoms with Crippen LogP contribution in [0.4, 0.5) is 16.3 Å². The summed E-state index contributed by atoms with van der Waals surface area (Å²) in [5.74, 6) is 1.50. The third-order valence-corrected chi connectivity index (χ3v) is 4.29. The molecule has 0 spiro atoms. The van der Waals surface area contributed by atoms with Crippen molar-refractivity contribution in [2.75, 3.05) is 30.8 Å². The molecular weight excluding hydrogens is 318 g/mol. The van der Waals surface area contributed by atoms with E-state index in [1.54, 1.807) is 13.4 Å². The molecule has 1 fully saturated rings. The zero-order valence-corrected chi connectivity index (χ0v) is 14.5. The minimum atomic E-state index is -0.0965. The van der Waals surface area contributed by atoms with Gasteiger partial charge in [-0.1, -0.05) is 12.1 Å². The molecule has 7 nitrogen and oxygen atoms in total. The molecule has 1 aromatic heterocycles. The molecule has 0 unspecified atom stereocenters. The average Bonchev–Trinajstić information content (AvgIpc) is 2.63. The fourth-order valence-electron chi connectivity index (χ4n) is 2.91. The van der Waals surface area contributed by atoms with E-state index >= 15 is 0 Å². The quantitative estimate of drug-likeness (QED) is 0.894. The van der Waals surface area contributed by atoms with Crippen molar-refractivity contribution in [3.63, 3.8) is 0 Å². The van der Waals surface area contributed by atoms with E-state index in [0.717, 1.165) is 24.4 Å². The van der Waals surface area contributed by atoms with Crippen molar-refractivity contribution < 1.29 is 9.53 Å². The number of methoxy groups -OCH3 is 1. The monoisotopic (exact) mass is 341 g/mol. The first-order valence-electron chi connectivity index (χ1n) is 8.40. The smallest absolute Gasteiger partial charge is 0.321 e. The fourth-order valence-corrected chi connectivity index (χ4v) is 2.91. The van der Waals surface area contributed by atoms with Gasteiger partial charge < -0.3 is 20.3 Å². The van der Waals surface area contributed by atoms with E-state index in [0.29, 0.717) is 30.6 Å². The van der Waals surface area contributed by atoms with Gasteiger partial charge in [-0.2, -0.15) is 0 Å². The van der Waals surface area contributed by atoms with Crippen LogP contribution < -0.4 is 15.4 Å². The number of carbonyl (C=O) groups is 1. The van der Waals surface area contributed by atoms with Crippen molar-refractivity contribution in [2.45, 2.75) is 25.8 Å². The minimum absolute atomic E-state index is 0.0965. The number of amides is 2. The predicted octanol–water partition coefficient (Wildman–Crippen LogP) is 2.90. The van der Waals surface area contributed by atoms with Crippen molar-refractivity contribution in [1.29, 1.82) is 0 Å². The number of benzene rings is 1. The summed E-state index contributed by atoms with van der Waals surface area (Å²) in [6.07, 6.45) is 3.32. The zero-order valence-electron chi connectivity index (χ0n) is 14.5. The normalized spacial score (nSPS) is 14.9. The highest BCUT2D eigenvalue weighted by Crippen LogP contribution is 2.24. The molecule has 0 radical (unpaired) electrons. The molecule has 2 heterocycles. The lowest BCUT2D eigenvalue weighted by molar-refractivity contribution is 0.197. The third kappa shape index (κ3) is 4.37. The van der Waals surface area contributed by atoms with Crippen LogP contribution in [0.2, 0.25) is 0 Å². The van der Waals surface area contributed by atoms with Crippen LogP contribution >= 0.6 is 0 Å². The average molecular weight is 341 g/mol. The fraction of sp³-hybridized carbons (Fsp3) is 0.389. The molecule has 3 rings (SSSR count). The number of aromatic nitrogens is 2. The summed E-state index contributed by atoms with van der Waals surface area (Å²) in [7, 11) is 1.59. The molecule has 1 aliphatic heterocycles. The molecule has 2 N–H and O–H groups in total.